The van der Waals surface area contributed by atoms with E-state index in [0.29, 0.717) is 37.5 Å². The van der Waals surface area contributed by atoms with E-state index in [1.165, 1.54) is 0 Å². The monoisotopic (exact) mass is 473 g/mol. The molecule has 2 aromatic carbocycles. The van der Waals surface area contributed by atoms with Gasteiger partial charge in [-0.05, 0) is 37.6 Å². The van der Waals surface area contributed by atoms with E-state index in [9.17, 15) is 13.2 Å². The van der Waals surface area contributed by atoms with Crippen molar-refractivity contribution in [1.29, 1.82) is 0 Å². The van der Waals surface area contributed by atoms with Gasteiger partial charge in [0.05, 0.1) is 22.5 Å². The van der Waals surface area contributed by atoms with Crippen molar-refractivity contribution in [2.45, 2.75) is 24.7 Å². The Morgan fingerprint density at radius 1 is 1.09 bits per heavy atom. The van der Waals surface area contributed by atoms with E-state index in [-0.39, 0.29) is 18.1 Å². The third-order valence-corrected chi connectivity index (χ3v) is 8.58. The summed E-state index contributed by atoms with van der Waals surface area (Å²) in [7, 11) is -1.72. The number of amides is 1. The van der Waals surface area contributed by atoms with Crippen LogP contribution in [0, 0.1) is 6.92 Å². The molecule has 0 atom stereocenters. The summed E-state index contributed by atoms with van der Waals surface area (Å²) >= 11 is 1.62. The molecule has 0 unspecified atom stereocenters. The lowest BCUT2D eigenvalue weighted by molar-refractivity contribution is -0.131. The fourth-order valence-corrected chi connectivity index (χ4v) is 6.14. The fraction of sp³-hybridized carbons (Fsp3) is 0.391. The lowest BCUT2D eigenvalue weighted by Gasteiger charge is -2.34. The summed E-state index contributed by atoms with van der Waals surface area (Å²) in [6.07, 6.45) is 0.566. The van der Waals surface area contributed by atoms with E-state index in [2.05, 4.69) is 4.90 Å². The highest BCUT2D eigenvalue weighted by Crippen LogP contribution is 2.34. The highest BCUT2D eigenvalue weighted by atomic mass is 32.2. The number of ether oxygens (including phenoxy) is 1. The van der Waals surface area contributed by atoms with E-state index < -0.39 is 9.84 Å². The molecule has 2 heterocycles. The minimum absolute atomic E-state index is 0.00900. The van der Waals surface area contributed by atoms with Crippen molar-refractivity contribution < 1.29 is 17.9 Å². The van der Waals surface area contributed by atoms with E-state index in [0.717, 1.165) is 26.7 Å². The van der Waals surface area contributed by atoms with Gasteiger partial charge in [0, 0.05) is 32.6 Å². The largest absolute Gasteiger partial charge is 0.494 e. The molecule has 0 aliphatic carbocycles. The standard InChI is InChI=1S/C23H27N3O4S2/c1-17-8-10-18(11-9-17)32(28,29)16-4-7-21(27)25-12-14-26(15-13-25)23-24-22-19(30-2)5-3-6-20(22)31-23/h3,5-6,8-11H,4,7,12-16H2,1-2H3. The van der Waals surface area contributed by atoms with Crippen LogP contribution in [0.1, 0.15) is 18.4 Å². The lowest BCUT2D eigenvalue weighted by Crippen LogP contribution is -2.48. The second-order valence-electron chi connectivity index (χ2n) is 7.91. The fourth-order valence-electron chi connectivity index (χ4n) is 3.79. The number of para-hydroxylation sites is 1. The van der Waals surface area contributed by atoms with Crippen molar-refractivity contribution in [3.63, 3.8) is 0 Å². The molecule has 1 aliphatic rings. The number of benzene rings is 2. The minimum atomic E-state index is -3.36. The Kier molecular flexibility index (Phi) is 6.66. The van der Waals surface area contributed by atoms with E-state index >= 15 is 0 Å². The maximum atomic E-state index is 12.6. The van der Waals surface area contributed by atoms with E-state index in [1.54, 1.807) is 42.7 Å². The van der Waals surface area contributed by atoms with Gasteiger partial charge in [-0.15, -0.1) is 0 Å². The number of carbonyl (C=O) groups is 1. The zero-order valence-corrected chi connectivity index (χ0v) is 19.9. The van der Waals surface area contributed by atoms with Gasteiger partial charge < -0.3 is 14.5 Å². The first kappa shape index (κ1) is 22.5. The maximum Gasteiger partial charge on any atom is 0.222 e. The number of hydrogen-bond acceptors (Lipinski definition) is 7. The van der Waals surface area contributed by atoms with Gasteiger partial charge in [-0.1, -0.05) is 35.1 Å². The molecule has 7 nitrogen and oxygen atoms in total. The summed E-state index contributed by atoms with van der Waals surface area (Å²) < 4.78 is 31.4. The number of fused-ring (bicyclic) bond motifs is 1. The Labute approximate surface area is 192 Å². The van der Waals surface area contributed by atoms with Crippen molar-refractivity contribution in [2.24, 2.45) is 0 Å². The molecule has 1 aliphatic heterocycles. The third-order valence-electron chi connectivity index (χ3n) is 5.68. The number of anilines is 1. The van der Waals surface area contributed by atoms with E-state index in [1.807, 2.05) is 30.0 Å². The van der Waals surface area contributed by atoms with Crippen molar-refractivity contribution in [3.8, 4) is 5.75 Å². The van der Waals surface area contributed by atoms with Crippen LogP contribution in [0.3, 0.4) is 0 Å². The number of hydrogen-bond donors (Lipinski definition) is 0. The number of piperazine rings is 1. The van der Waals surface area contributed by atoms with Crippen LogP contribution in [-0.2, 0) is 14.6 Å². The number of thiazole rings is 1. The van der Waals surface area contributed by atoms with Crippen molar-refractivity contribution in [3.05, 3.63) is 48.0 Å². The van der Waals surface area contributed by atoms with Crippen LogP contribution < -0.4 is 9.64 Å². The predicted molar refractivity (Wildman–Crippen MR) is 127 cm³/mol. The summed E-state index contributed by atoms with van der Waals surface area (Å²) in [5.41, 5.74) is 1.88. The molecule has 1 aromatic heterocycles. The van der Waals surface area contributed by atoms with Gasteiger partial charge in [-0.3, -0.25) is 4.79 Å². The summed E-state index contributed by atoms with van der Waals surface area (Å²) in [6, 6.07) is 12.7. The van der Waals surface area contributed by atoms with Gasteiger partial charge in [0.25, 0.3) is 0 Å². The number of carbonyl (C=O) groups excluding carboxylic acids is 1. The molecule has 3 aromatic rings. The molecule has 0 spiro atoms. The maximum absolute atomic E-state index is 12.6. The molecule has 1 saturated heterocycles. The normalized spacial score (nSPS) is 14.7. The zero-order valence-electron chi connectivity index (χ0n) is 18.3. The van der Waals surface area contributed by atoms with Crippen LogP contribution in [0.25, 0.3) is 10.2 Å². The van der Waals surface area contributed by atoms with Gasteiger partial charge in [0.2, 0.25) is 5.91 Å². The Bertz CT molecular complexity index is 1200. The molecule has 9 heteroatoms. The molecule has 0 bridgehead atoms. The molecule has 0 saturated carbocycles. The molecular weight excluding hydrogens is 446 g/mol. The highest BCUT2D eigenvalue weighted by molar-refractivity contribution is 7.91. The van der Waals surface area contributed by atoms with Crippen LogP contribution in [0.2, 0.25) is 0 Å². The Hall–Kier alpha value is -2.65. The summed E-state index contributed by atoms with van der Waals surface area (Å²) in [5.74, 6) is 0.754. The van der Waals surface area contributed by atoms with Crippen LogP contribution >= 0.6 is 11.3 Å². The highest BCUT2D eigenvalue weighted by Gasteiger charge is 2.24. The van der Waals surface area contributed by atoms with Crippen LogP contribution in [0.4, 0.5) is 5.13 Å². The molecule has 32 heavy (non-hydrogen) atoms. The summed E-state index contributed by atoms with van der Waals surface area (Å²) in [5, 5.41) is 0.931. The minimum Gasteiger partial charge on any atom is -0.494 e. The molecule has 170 valence electrons. The smallest absolute Gasteiger partial charge is 0.222 e. The Morgan fingerprint density at radius 2 is 1.81 bits per heavy atom. The van der Waals surface area contributed by atoms with Gasteiger partial charge in [0.15, 0.2) is 15.0 Å². The van der Waals surface area contributed by atoms with Crippen LogP contribution in [0.15, 0.2) is 47.4 Å². The number of sulfone groups is 1. The van der Waals surface area contributed by atoms with Crippen LogP contribution in [-0.4, -0.2) is 63.3 Å². The van der Waals surface area contributed by atoms with Crippen molar-refractivity contribution in [2.75, 3.05) is 43.9 Å². The SMILES string of the molecule is COc1cccc2sc(N3CCN(C(=O)CCCS(=O)(=O)c4ccc(C)cc4)CC3)nc12. The topological polar surface area (TPSA) is 79.8 Å². The number of rotatable bonds is 7. The molecule has 1 amide bonds. The van der Waals surface area contributed by atoms with Gasteiger partial charge in [-0.25, -0.2) is 13.4 Å². The summed E-state index contributed by atoms with van der Waals surface area (Å²) in [4.78, 5) is 21.7. The average Bonchev–Trinajstić information content (AvgIpc) is 3.24. The number of nitrogens with zero attached hydrogens (tertiary/aromatic N) is 3. The lowest BCUT2D eigenvalue weighted by atomic mass is 10.2. The zero-order chi connectivity index (χ0) is 22.7. The van der Waals surface area contributed by atoms with Gasteiger partial charge in [-0.2, -0.15) is 0 Å². The number of aryl methyl sites for hydroxylation is 1. The van der Waals surface area contributed by atoms with Crippen molar-refractivity contribution in [1.82, 2.24) is 9.88 Å². The molecule has 0 radical (unpaired) electrons. The Balaban J connectivity index is 1.29. The Morgan fingerprint density at radius 3 is 2.50 bits per heavy atom. The molecule has 1 fully saturated rings. The molecular formula is C23H27N3O4S2. The average molecular weight is 474 g/mol. The third kappa shape index (κ3) is 4.88. The predicted octanol–water partition coefficient (Wildman–Crippen LogP) is 3.52. The van der Waals surface area contributed by atoms with E-state index in [4.69, 9.17) is 9.72 Å². The number of methoxy groups -OCH3 is 1. The first-order valence-electron chi connectivity index (χ1n) is 10.6. The first-order valence-corrected chi connectivity index (χ1v) is 13.1. The molecule has 0 N–H and O–H groups in total. The molecule has 4 rings (SSSR count). The van der Waals surface area contributed by atoms with Gasteiger partial charge in [0.1, 0.15) is 11.3 Å². The quantitative estimate of drug-likeness (QED) is 0.522. The van der Waals surface area contributed by atoms with Crippen LogP contribution in [0.5, 0.6) is 5.75 Å². The number of aromatic nitrogens is 1. The first-order chi connectivity index (χ1) is 15.4. The second kappa shape index (κ2) is 9.46. The second-order valence-corrected chi connectivity index (χ2v) is 11.0. The van der Waals surface area contributed by atoms with Gasteiger partial charge >= 0.3 is 0 Å². The summed E-state index contributed by atoms with van der Waals surface area (Å²) in [6.45, 7) is 4.54. The van der Waals surface area contributed by atoms with Crippen molar-refractivity contribution >= 4 is 42.4 Å².